The van der Waals surface area contributed by atoms with Crippen molar-refractivity contribution in [3.8, 4) is 0 Å². The molecule has 1 atom stereocenters. The van der Waals surface area contributed by atoms with Crippen LogP contribution in [0, 0.1) is 5.92 Å². The van der Waals surface area contributed by atoms with Crippen molar-refractivity contribution in [3.05, 3.63) is 0 Å². The summed E-state index contributed by atoms with van der Waals surface area (Å²) in [6, 6.07) is 0. The van der Waals surface area contributed by atoms with E-state index in [4.69, 9.17) is 0 Å². The van der Waals surface area contributed by atoms with Gasteiger partial charge in [0.15, 0.2) is 0 Å². The minimum Gasteiger partial charge on any atom is -0.263 e. The molecule has 0 saturated heterocycles. The fourth-order valence-corrected chi connectivity index (χ4v) is 1.64. The average Bonchev–Trinajstić information content (AvgIpc) is 2.13. The smallest absolute Gasteiger partial charge is 0.263 e. The quantitative estimate of drug-likeness (QED) is 0.402. The molecule has 0 spiro atoms. The van der Waals surface area contributed by atoms with E-state index >= 15 is 0 Å². The predicted molar refractivity (Wildman–Crippen MR) is 54.2 cm³/mol. The van der Waals surface area contributed by atoms with Crippen LogP contribution in [0.4, 0.5) is 13.2 Å². The third-order valence-electron chi connectivity index (χ3n) is 2.09. The Bertz CT molecular complexity index is 285. The van der Waals surface area contributed by atoms with Crippen LogP contribution in [0.2, 0.25) is 0 Å². The van der Waals surface area contributed by atoms with Crippen LogP contribution in [0.25, 0.3) is 0 Å². The van der Waals surface area contributed by atoms with Gasteiger partial charge in [0.1, 0.15) is 0 Å². The van der Waals surface area contributed by atoms with E-state index in [9.17, 15) is 21.6 Å². The molecule has 0 radical (unpaired) electrons. The van der Waals surface area contributed by atoms with Gasteiger partial charge in [0.2, 0.25) is 0 Å². The summed E-state index contributed by atoms with van der Waals surface area (Å²) in [6.07, 6.45) is 3.53. The van der Waals surface area contributed by atoms with Crippen molar-refractivity contribution in [1.29, 1.82) is 0 Å². The monoisotopic (exact) mass is 262 g/mol. The first kappa shape index (κ1) is 15.7. The molecule has 0 aromatic carbocycles. The molecule has 0 aliphatic rings. The highest BCUT2D eigenvalue weighted by Gasteiger charge is 2.47. The standard InChI is InChI=1S/C9H17F3O3S/c1-3-4-5-6-8(2)7-15-16(13,14)9(10,11)12/h8H,3-7H2,1-2H3/t8-/m0/s1. The first-order chi connectivity index (χ1) is 7.20. The fourth-order valence-electron chi connectivity index (χ4n) is 1.10. The lowest BCUT2D eigenvalue weighted by Gasteiger charge is -2.12. The van der Waals surface area contributed by atoms with Crippen molar-refractivity contribution < 1.29 is 25.8 Å². The Morgan fingerprint density at radius 2 is 1.81 bits per heavy atom. The molecular weight excluding hydrogens is 245 g/mol. The molecule has 3 nitrogen and oxygen atoms in total. The van der Waals surface area contributed by atoms with Crippen molar-refractivity contribution in [2.45, 2.75) is 45.0 Å². The molecule has 0 rings (SSSR count). The molecule has 7 heteroatoms. The van der Waals surface area contributed by atoms with Crippen LogP contribution in [0.5, 0.6) is 0 Å². The van der Waals surface area contributed by atoms with Gasteiger partial charge in [-0.1, -0.05) is 33.1 Å². The number of unbranched alkanes of at least 4 members (excludes halogenated alkanes) is 2. The predicted octanol–water partition coefficient (Wildman–Crippen LogP) is 3.07. The van der Waals surface area contributed by atoms with Crippen LogP contribution in [0.15, 0.2) is 0 Å². The van der Waals surface area contributed by atoms with E-state index in [-0.39, 0.29) is 5.92 Å². The number of rotatable bonds is 7. The maximum Gasteiger partial charge on any atom is 0.523 e. The second-order valence-corrected chi connectivity index (χ2v) is 5.39. The third-order valence-corrected chi connectivity index (χ3v) is 3.10. The Hall–Kier alpha value is -0.300. The van der Waals surface area contributed by atoms with Gasteiger partial charge in [-0.25, -0.2) is 0 Å². The van der Waals surface area contributed by atoms with Crippen LogP contribution in [0.3, 0.4) is 0 Å². The second-order valence-electron chi connectivity index (χ2n) is 3.79. The van der Waals surface area contributed by atoms with E-state index in [0.29, 0.717) is 6.42 Å². The van der Waals surface area contributed by atoms with E-state index in [0.717, 1.165) is 19.3 Å². The Morgan fingerprint density at radius 1 is 1.25 bits per heavy atom. The van der Waals surface area contributed by atoms with E-state index in [2.05, 4.69) is 4.18 Å². The molecule has 0 N–H and O–H groups in total. The highest BCUT2D eigenvalue weighted by atomic mass is 32.2. The number of hydrogen-bond acceptors (Lipinski definition) is 3. The van der Waals surface area contributed by atoms with E-state index in [1.165, 1.54) is 0 Å². The number of halogens is 3. The summed E-state index contributed by atoms with van der Waals surface area (Å²) in [5.74, 6) is -0.191. The Labute approximate surface area is 94.1 Å². The molecule has 0 unspecified atom stereocenters. The minimum absolute atomic E-state index is 0.191. The molecule has 0 saturated carbocycles. The molecule has 16 heavy (non-hydrogen) atoms. The molecular formula is C9H17F3O3S. The molecule has 0 bridgehead atoms. The summed E-state index contributed by atoms with van der Waals surface area (Å²) in [6.45, 7) is 3.27. The number of hydrogen-bond donors (Lipinski definition) is 0. The van der Waals surface area contributed by atoms with Gasteiger partial charge in [0, 0.05) is 0 Å². The largest absolute Gasteiger partial charge is 0.523 e. The lowest BCUT2D eigenvalue weighted by Crippen LogP contribution is -2.27. The molecule has 0 aromatic rings. The summed E-state index contributed by atoms with van der Waals surface area (Å²) in [5.41, 5.74) is -5.32. The van der Waals surface area contributed by atoms with Gasteiger partial charge < -0.3 is 0 Å². The topological polar surface area (TPSA) is 43.4 Å². The van der Waals surface area contributed by atoms with Crippen molar-refractivity contribution in [2.75, 3.05) is 6.61 Å². The third kappa shape index (κ3) is 5.69. The van der Waals surface area contributed by atoms with Crippen LogP contribution in [-0.2, 0) is 14.3 Å². The maximum absolute atomic E-state index is 11.9. The van der Waals surface area contributed by atoms with Crippen molar-refractivity contribution in [1.82, 2.24) is 0 Å². The normalized spacial score (nSPS) is 15.1. The van der Waals surface area contributed by atoms with Gasteiger partial charge in [-0.2, -0.15) is 21.6 Å². The summed E-state index contributed by atoms with van der Waals surface area (Å²) >= 11 is 0. The summed E-state index contributed by atoms with van der Waals surface area (Å²) < 4.78 is 60.6. The zero-order valence-corrected chi connectivity index (χ0v) is 10.2. The van der Waals surface area contributed by atoms with Crippen LogP contribution >= 0.6 is 0 Å². The van der Waals surface area contributed by atoms with Gasteiger partial charge in [0.05, 0.1) is 6.61 Å². The van der Waals surface area contributed by atoms with Gasteiger partial charge in [-0.15, -0.1) is 0 Å². The first-order valence-corrected chi connectivity index (χ1v) is 6.57. The second kappa shape index (κ2) is 6.44. The van der Waals surface area contributed by atoms with Crippen molar-refractivity contribution in [3.63, 3.8) is 0 Å². The van der Waals surface area contributed by atoms with Crippen molar-refractivity contribution >= 4 is 10.1 Å². The van der Waals surface area contributed by atoms with Crippen molar-refractivity contribution in [2.24, 2.45) is 5.92 Å². The minimum atomic E-state index is -5.42. The fraction of sp³-hybridized carbons (Fsp3) is 1.00. The highest BCUT2D eigenvalue weighted by Crippen LogP contribution is 2.25. The van der Waals surface area contributed by atoms with Crippen LogP contribution < -0.4 is 0 Å². The van der Waals surface area contributed by atoms with Gasteiger partial charge >= 0.3 is 15.6 Å². The SMILES string of the molecule is CCCCC[C@H](C)COS(=O)(=O)C(F)(F)F. The van der Waals surface area contributed by atoms with Crippen LogP contribution in [0.1, 0.15) is 39.5 Å². The van der Waals surface area contributed by atoms with E-state index in [1.54, 1.807) is 6.92 Å². The molecule has 98 valence electrons. The molecule has 0 fully saturated rings. The Morgan fingerprint density at radius 3 is 2.25 bits per heavy atom. The molecule has 0 heterocycles. The summed E-state index contributed by atoms with van der Waals surface area (Å²) in [4.78, 5) is 0. The van der Waals surface area contributed by atoms with Gasteiger partial charge in [-0.05, 0) is 12.3 Å². The van der Waals surface area contributed by atoms with Gasteiger partial charge in [0.25, 0.3) is 0 Å². The highest BCUT2D eigenvalue weighted by molar-refractivity contribution is 7.87. The molecule has 0 aromatic heterocycles. The maximum atomic E-state index is 11.9. The summed E-state index contributed by atoms with van der Waals surface area (Å²) in [5, 5.41) is 0. The van der Waals surface area contributed by atoms with Gasteiger partial charge in [-0.3, -0.25) is 4.18 Å². The van der Waals surface area contributed by atoms with Crippen LogP contribution in [-0.4, -0.2) is 20.5 Å². The number of alkyl halides is 3. The molecule has 0 aliphatic carbocycles. The first-order valence-electron chi connectivity index (χ1n) is 5.16. The lowest BCUT2D eigenvalue weighted by atomic mass is 10.0. The molecule has 0 aliphatic heterocycles. The summed E-state index contributed by atoms with van der Waals surface area (Å²) in [7, 11) is -5.42. The Kier molecular flexibility index (Phi) is 6.32. The molecule has 0 amide bonds. The lowest BCUT2D eigenvalue weighted by molar-refractivity contribution is -0.0549. The zero-order valence-electron chi connectivity index (χ0n) is 9.38. The Balaban J connectivity index is 3.97. The van der Waals surface area contributed by atoms with E-state index < -0.39 is 22.2 Å². The zero-order chi connectivity index (χ0) is 12.8. The van der Waals surface area contributed by atoms with E-state index in [1.807, 2.05) is 6.92 Å². The average molecular weight is 262 g/mol.